The minimum Gasteiger partial charge on any atom is -0.508 e. The van der Waals surface area contributed by atoms with Crippen molar-refractivity contribution >= 4 is 17.3 Å². The van der Waals surface area contributed by atoms with Crippen LogP contribution in [0.5, 0.6) is 5.75 Å². The summed E-state index contributed by atoms with van der Waals surface area (Å²) in [4.78, 5) is 0. The molecule has 0 saturated carbocycles. The lowest BCUT2D eigenvalue weighted by Gasteiger charge is -2.09. The Morgan fingerprint density at radius 3 is 2.67 bits per heavy atom. The predicted octanol–water partition coefficient (Wildman–Crippen LogP) is 4.11. The third kappa shape index (κ3) is 3.14. The van der Waals surface area contributed by atoms with Gasteiger partial charge in [0.2, 0.25) is 0 Å². The molecule has 0 saturated heterocycles. The normalized spacial score (nSPS) is 10.4. The van der Waals surface area contributed by atoms with Crippen LogP contribution in [0.4, 0.5) is 10.1 Å². The number of rotatable bonds is 3. The third-order valence-corrected chi connectivity index (χ3v) is 2.86. The quantitative estimate of drug-likeness (QED) is 0.875. The minimum atomic E-state index is -0.457. The third-order valence-electron chi connectivity index (χ3n) is 2.55. The number of benzene rings is 2. The van der Waals surface area contributed by atoms with Crippen LogP contribution < -0.4 is 5.32 Å². The molecule has 0 radical (unpaired) electrons. The van der Waals surface area contributed by atoms with Crippen molar-refractivity contribution in [3.05, 3.63) is 58.4 Å². The van der Waals surface area contributed by atoms with Crippen LogP contribution in [0, 0.1) is 12.7 Å². The molecule has 0 aliphatic heterocycles. The number of nitrogens with one attached hydrogen (secondary N) is 1. The molecular formula is C14H13ClFNO. The minimum absolute atomic E-state index is 0.0817. The number of hydrogen-bond acceptors (Lipinski definition) is 2. The van der Waals surface area contributed by atoms with E-state index in [2.05, 4.69) is 5.32 Å². The number of halogens is 2. The molecule has 0 bridgehead atoms. The van der Waals surface area contributed by atoms with Gasteiger partial charge < -0.3 is 10.4 Å². The Labute approximate surface area is 110 Å². The molecule has 18 heavy (non-hydrogen) atoms. The maximum atomic E-state index is 13.1. The molecule has 0 unspecified atom stereocenters. The van der Waals surface area contributed by atoms with E-state index in [0.29, 0.717) is 17.1 Å². The van der Waals surface area contributed by atoms with Crippen LogP contribution in [0.1, 0.15) is 11.1 Å². The SMILES string of the molecule is Cc1ccc(NCc2cc(O)cc(F)c2)c(Cl)c1. The lowest BCUT2D eigenvalue weighted by atomic mass is 10.2. The van der Waals surface area contributed by atoms with Crippen molar-refractivity contribution in [3.63, 3.8) is 0 Å². The van der Waals surface area contributed by atoms with Gasteiger partial charge in [0.05, 0.1) is 10.7 Å². The zero-order chi connectivity index (χ0) is 13.1. The van der Waals surface area contributed by atoms with Crippen LogP contribution in [-0.4, -0.2) is 5.11 Å². The van der Waals surface area contributed by atoms with Crippen molar-refractivity contribution in [1.29, 1.82) is 0 Å². The fourth-order valence-electron chi connectivity index (χ4n) is 1.70. The van der Waals surface area contributed by atoms with Gasteiger partial charge in [-0.05, 0) is 42.3 Å². The number of phenols is 1. The smallest absolute Gasteiger partial charge is 0.127 e. The van der Waals surface area contributed by atoms with Gasteiger partial charge in [0, 0.05) is 12.6 Å². The van der Waals surface area contributed by atoms with Crippen LogP contribution in [0.25, 0.3) is 0 Å². The summed E-state index contributed by atoms with van der Waals surface area (Å²) in [6, 6.07) is 9.62. The van der Waals surface area contributed by atoms with Gasteiger partial charge in [0.15, 0.2) is 0 Å². The first-order chi connectivity index (χ1) is 8.54. The molecule has 0 spiro atoms. The maximum Gasteiger partial charge on any atom is 0.127 e. The molecule has 2 N–H and O–H groups in total. The van der Waals surface area contributed by atoms with E-state index in [4.69, 9.17) is 11.6 Å². The van der Waals surface area contributed by atoms with Crippen molar-refractivity contribution in [1.82, 2.24) is 0 Å². The first-order valence-corrected chi connectivity index (χ1v) is 5.91. The van der Waals surface area contributed by atoms with E-state index >= 15 is 0 Å². The fraction of sp³-hybridized carbons (Fsp3) is 0.143. The number of aromatic hydroxyl groups is 1. The van der Waals surface area contributed by atoms with Crippen molar-refractivity contribution in [2.45, 2.75) is 13.5 Å². The molecule has 0 heterocycles. The zero-order valence-electron chi connectivity index (χ0n) is 9.87. The highest BCUT2D eigenvalue weighted by Crippen LogP contribution is 2.24. The molecule has 0 fully saturated rings. The van der Waals surface area contributed by atoms with Crippen molar-refractivity contribution in [2.24, 2.45) is 0 Å². The highest BCUT2D eigenvalue weighted by Gasteiger charge is 2.02. The molecule has 2 nitrogen and oxygen atoms in total. The first kappa shape index (κ1) is 12.7. The second-order valence-electron chi connectivity index (χ2n) is 4.15. The summed E-state index contributed by atoms with van der Waals surface area (Å²) in [7, 11) is 0. The molecular weight excluding hydrogens is 253 g/mol. The van der Waals surface area contributed by atoms with Crippen LogP contribution >= 0.6 is 11.6 Å². The Kier molecular flexibility index (Phi) is 3.72. The van der Waals surface area contributed by atoms with Crippen LogP contribution in [-0.2, 0) is 6.54 Å². The fourth-order valence-corrected chi connectivity index (χ4v) is 2.00. The largest absolute Gasteiger partial charge is 0.508 e. The summed E-state index contributed by atoms with van der Waals surface area (Å²) in [5.74, 6) is -0.538. The Bertz CT molecular complexity index is 551. The number of hydrogen-bond donors (Lipinski definition) is 2. The van der Waals surface area contributed by atoms with Crippen molar-refractivity contribution < 1.29 is 9.50 Å². The molecule has 0 aromatic heterocycles. The average molecular weight is 266 g/mol. The lowest BCUT2D eigenvalue weighted by molar-refractivity contribution is 0.468. The summed E-state index contributed by atoms with van der Waals surface area (Å²) in [5, 5.41) is 13.0. The van der Waals surface area contributed by atoms with E-state index in [1.165, 1.54) is 12.1 Å². The molecule has 2 aromatic carbocycles. The summed E-state index contributed by atoms with van der Waals surface area (Å²) >= 11 is 6.07. The second-order valence-corrected chi connectivity index (χ2v) is 4.56. The monoisotopic (exact) mass is 265 g/mol. The predicted molar refractivity (Wildman–Crippen MR) is 71.6 cm³/mol. The molecule has 0 aliphatic carbocycles. The highest BCUT2D eigenvalue weighted by molar-refractivity contribution is 6.33. The maximum absolute atomic E-state index is 13.1. The van der Waals surface area contributed by atoms with Gasteiger partial charge in [0.1, 0.15) is 11.6 Å². The van der Waals surface area contributed by atoms with Gasteiger partial charge in [-0.3, -0.25) is 0 Å². The lowest BCUT2D eigenvalue weighted by Crippen LogP contribution is -2.00. The van der Waals surface area contributed by atoms with Gasteiger partial charge in [0.25, 0.3) is 0 Å². The van der Waals surface area contributed by atoms with Gasteiger partial charge in [-0.1, -0.05) is 17.7 Å². The number of anilines is 1. The number of phenolic OH excluding ortho intramolecular Hbond substituents is 1. The second kappa shape index (κ2) is 5.27. The average Bonchev–Trinajstić information content (AvgIpc) is 2.26. The van der Waals surface area contributed by atoms with E-state index in [0.717, 1.165) is 17.3 Å². The summed E-state index contributed by atoms with van der Waals surface area (Å²) in [6.07, 6.45) is 0. The summed E-state index contributed by atoms with van der Waals surface area (Å²) in [5.41, 5.74) is 2.52. The Hall–Kier alpha value is -1.74. The van der Waals surface area contributed by atoms with Crippen LogP contribution in [0.3, 0.4) is 0 Å². The zero-order valence-corrected chi connectivity index (χ0v) is 10.6. The molecule has 94 valence electrons. The highest BCUT2D eigenvalue weighted by atomic mass is 35.5. The van der Waals surface area contributed by atoms with Crippen LogP contribution in [0.15, 0.2) is 36.4 Å². The molecule has 0 aliphatic rings. The van der Waals surface area contributed by atoms with Crippen LogP contribution in [0.2, 0.25) is 5.02 Å². The van der Waals surface area contributed by atoms with E-state index in [9.17, 15) is 9.50 Å². The summed E-state index contributed by atoms with van der Waals surface area (Å²) < 4.78 is 13.1. The Morgan fingerprint density at radius 2 is 2.00 bits per heavy atom. The Balaban J connectivity index is 2.11. The molecule has 0 atom stereocenters. The van der Waals surface area contributed by atoms with Gasteiger partial charge in [-0.25, -0.2) is 4.39 Å². The van der Waals surface area contributed by atoms with Gasteiger partial charge in [-0.15, -0.1) is 0 Å². The van der Waals surface area contributed by atoms with Crippen molar-refractivity contribution in [3.8, 4) is 5.75 Å². The topological polar surface area (TPSA) is 32.3 Å². The Morgan fingerprint density at radius 1 is 1.22 bits per heavy atom. The van der Waals surface area contributed by atoms with Crippen molar-refractivity contribution in [2.75, 3.05) is 5.32 Å². The van der Waals surface area contributed by atoms with E-state index in [-0.39, 0.29) is 5.75 Å². The van der Waals surface area contributed by atoms with E-state index < -0.39 is 5.82 Å². The first-order valence-electron chi connectivity index (χ1n) is 5.53. The standard InChI is InChI=1S/C14H13ClFNO/c1-9-2-3-14(13(15)4-9)17-8-10-5-11(16)7-12(18)6-10/h2-7,17-18H,8H2,1H3. The van der Waals surface area contributed by atoms with E-state index in [1.54, 1.807) is 0 Å². The molecule has 2 aromatic rings. The summed E-state index contributed by atoms with van der Waals surface area (Å²) in [6.45, 7) is 2.36. The molecule has 0 amide bonds. The van der Waals surface area contributed by atoms with Gasteiger partial charge in [-0.2, -0.15) is 0 Å². The van der Waals surface area contributed by atoms with Gasteiger partial charge >= 0.3 is 0 Å². The van der Waals surface area contributed by atoms with E-state index in [1.807, 2.05) is 25.1 Å². The molecule has 4 heteroatoms. The molecule has 2 rings (SSSR count). The number of aryl methyl sites for hydroxylation is 1.